The number of carbonyl (C=O) groups is 2. The van der Waals surface area contributed by atoms with Gasteiger partial charge in [-0.15, -0.1) is 0 Å². The fourth-order valence-corrected chi connectivity index (χ4v) is 1.75. The van der Waals surface area contributed by atoms with Gasteiger partial charge in [0.05, 0.1) is 18.7 Å². The zero-order valence-corrected chi connectivity index (χ0v) is 12.3. The van der Waals surface area contributed by atoms with Gasteiger partial charge in [0, 0.05) is 6.08 Å². The Morgan fingerprint density at radius 3 is 2.67 bits per heavy atom. The van der Waals surface area contributed by atoms with Crippen LogP contribution in [0, 0.1) is 0 Å². The molecule has 1 aromatic carbocycles. The SMILES string of the molecule is CCOC(=O)COc1c(Cl)cc(/C=C/C(=O)O)cc1OC. The highest BCUT2D eigenvalue weighted by atomic mass is 35.5. The van der Waals surface area contributed by atoms with E-state index in [9.17, 15) is 9.59 Å². The Labute approximate surface area is 126 Å². The molecule has 21 heavy (non-hydrogen) atoms. The highest BCUT2D eigenvalue weighted by Crippen LogP contribution is 2.36. The fraction of sp³-hybridized carbons (Fsp3) is 0.286. The first kappa shape index (κ1) is 16.8. The molecule has 0 spiro atoms. The molecule has 114 valence electrons. The van der Waals surface area contributed by atoms with Crippen LogP contribution in [0.4, 0.5) is 0 Å². The molecule has 0 amide bonds. The molecule has 1 aromatic rings. The van der Waals surface area contributed by atoms with E-state index in [1.165, 1.54) is 19.3 Å². The summed E-state index contributed by atoms with van der Waals surface area (Å²) in [6.07, 6.45) is 2.34. The van der Waals surface area contributed by atoms with Crippen molar-refractivity contribution in [1.29, 1.82) is 0 Å². The summed E-state index contributed by atoms with van der Waals surface area (Å²) in [7, 11) is 1.41. The summed E-state index contributed by atoms with van der Waals surface area (Å²) in [5.41, 5.74) is 0.530. The molecular formula is C14H15ClO6. The molecule has 0 aliphatic carbocycles. The van der Waals surface area contributed by atoms with Crippen LogP contribution in [0.3, 0.4) is 0 Å². The minimum absolute atomic E-state index is 0.194. The molecule has 0 saturated carbocycles. The number of aliphatic carboxylic acids is 1. The quantitative estimate of drug-likeness (QED) is 0.614. The summed E-state index contributed by atoms with van der Waals surface area (Å²) in [6, 6.07) is 3.05. The molecule has 1 N–H and O–H groups in total. The second kappa shape index (κ2) is 8.16. The maximum absolute atomic E-state index is 11.3. The molecule has 0 unspecified atom stereocenters. The lowest BCUT2D eigenvalue weighted by molar-refractivity contribution is -0.145. The number of halogens is 1. The second-order valence-corrected chi connectivity index (χ2v) is 4.21. The zero-order valence-electron chi connectivity index (χ0n) is 11.6. The van der Waals surface area contributed by atoms with Crippen LogP contribution < -0.4 is 9.47 Å². The van der Waals surface area contributed by atoms with Crippen LogP contribution in [0.25, 0.3) is 6.08 Å². The standard InChI is InChI=1S/C14H15ClO6/c1-3-20-13(18)8-21-14-10(15)6-9(4-5-12(16)17)7-11(14)19-2/h4-7H,3,8H2,1-2H3,(H,16,17)/b5-4+. The summed E-state index contributed by atoms with van der Waals surface area (Å²) in [6.45, 7) is 1.65. The molecule has 0 heterocycles. The van der Waals surface area contributed by atoms with E-state index in [0.29, 0.717) is 5.56 Å². The van der Waals surface area contributed by atoms with E-state index in [4.69, 9.17) is 30.9 Å². The number of rotatable bonds is 7. The lowest BCUT2D eigenvalue weighted by Crippen LogP contribution is -2.15. The Hall–Kier alpha value is -2.21. The van der Waals surface area contributed by atoms with Gasteiger partial charge >= 0.3 is 11.9 Å². The van der Waals surface area contributed by atoms with Crippen molar-refractivity contribution in [3.8, 4) is 11.5 Å². The van der Waals surface area contributed by atoms with Crippen LogP contribution in [0.15, 0.2) is 18.2 Å². The second-order valence-electron chi connectivity index (χ2n) is 3.80. The van der Waals surface area contributed by atoms with Gasteiger partial charge in [-0.1, -0.05) is 11.6 Å². The zero-order chi connectivity index (χ0) is 15.8. The van der Waals surface area contributed by atoms with Crippen LogP contribution in [-0.4, -0.2) is 37.4 Å². The van der Waals surface area contributed by atoms with Crippen molar-refractivity contribution in [3.05, 3.63) is 28.8 Å². The first-order valence-electron chi connectivity index (χ1n) is 6.04. The molecule has 0 atom stereocenters. The molecule has 0 aliphatic heterocycles. The van der Waals surface area contributed by atoms with Crippen molar-refractivity contribution in [3.63, 3.8) is 0 Å². The molecular weight excluding hydrogens is 300 g/mol. The van der Waals surface area contributed by atoms with Gasteiger partial charge in [-0.3, -0.25) is 0 Å². The van der Waals surface area contributed by atoms with Gasteiger partial charge in [0.1, 0.15) is 0 Å². The smallest absolute Gasteiger partial charge is 0.344 e. The van der Waals surface area contributed by atoms with E-state index >= 15 is 0 Å². The number of carboxylic acids is 1. The van der Waals surface area contributed by atoms with Crippen molar-refractivity contribution >= 4 is 29.6 Å². The molecule has 1 rings (SSSR count). The number of carbonyl (C=O) groups excluding carboxylic acids is 1. The number of methoxy groups -OCH3 is 1. The van der Waals surface area contributed by atoms with Crippen LogP contribution in [0.1, 0.15) is 12.5 Å². The molecule has 7 heteroatoms. The maximum atomic E-state index is 11.3. The minimum atomic E-state index is -1.08. The average molecular weight is 315 g/mol. The first-order valence-corrected chi connectivity index (χ1v) is 6.42. The van der Waals surface area contributed by atoms with Crippen LogP contribution >= 0.6 is 11.6 Å². The fourth-order valence-electron chi connectivity index (χ4n) is 1.48. The summed E-state index contributed by atoms with van der Waals surface area (Å²) < 4.78 is 15.1. The third-order valence-electron chi connectivity index (χ3n) is 2.31. The molecule has 0 fully saturated rings. The normalized spacial score (nSPS) is 10.4. The van der Waals surface area contributed by atoms with Gasteiger partial charge in [0.15, 0.2) is 18.1 Å². The van der Waals surface area contributed by atoms with E-state index in [1.54, 1.807) is 13.0 Å². The topological polar surface area (TPSA) is 82.1 Å². The highest BCUT2D eigenvalue weighted by Gasteiger charge is 2.13. The van der Waals surface area contributed by atoms with E-state index in [2.05, 4.69) is 0 Å². The van der Waals surface area contributed by atoms with Crippen LogP contribution in [0.2, 0.25) is 5.02 Å². The van der Waals surface area contributed by atoms with E-state index in [0.717, 1.165) is 6.08 Å². The largest absolute Gasteiger partial charge is 0.493 e. The van der Waals surface area contributed by atoms with Crippen molar-refractivity contribution in [2.45, 2.75) is 6.92 Å². The number of hydrogen-bond donors (Lipinski definition) is 1. The lowest BCUT2D eigenvalue weighted by Gasteiger charge is -2.12. The van der Waals surface area contributed by atoms with E-state index < -0.39 is 11.9 Å². The summed E-state index contributed by atoms with van der Waals surface area (Å²) in [5.74, 6) is -1.12. The van der Waals surface area contributed by atoms with Gasteiger partial charge in [-0.2, -0.15) is 0 Å². The van der Waals surface area contributed by atoms with Crippen LogP contribution in [-0.2, 0) is 14.3 Å². The highest BCUT2D eigenvalue weighted by molar-refractivity contribution is 6.32. The Morgan fingerprint density at radius 2 is 2.10 bits per heavy atom. The van der Waals surface area contributed by atoms with E-state index in [-0.39, 0.29) is 29.7 Å². The van der Waals surface area contributed by atoms with Gasteiger partial charge in [-0.25, -0.2) is 9.59 Å². The first-order chi connectivity index (χ1) is 9.97. The summed E-state index contributed by atoms with van der Waals surface area (Å²) in [4.78, 5) is 21.8. The van der Waals surface area contributed by atoms with Gasteiger partial charge < -0.3 is 19.3 Å². The summed E-state index contributed by atoms with van der Waals surface area (Å²) >= 11 is 6.05. The molecule has 0 bridgehead atoms. The Kier molecular flexibility index (Phi) is 6.55. The van der Waals surface area contributed by atoms with Crippen molar-refractivity contribution in [2.24, 2.45) is 0 Å². The van der Waals surface area contributed by atoms with Crippen molar-refractivity contribution in [1.82, 2.24) is 0 Å². The number of esters is 1. The number of carboxylic acid groups (broad SMARTS) is 1. The lowest BCUT2D eigenvalue weighted by atomic mass is 10.2. The van der Waals surface area contributed by atoms with Gasteiger partial charge in [-0.05, 0) is 30.7 Å². The number of hydrogen-bond acceptors (Lipinski definition) is 5. The maximum Gasteiger partial charge on any atom is 0.344 e. The molecule has 0 saturated heterocycles. The predicted octanol–water partition coefficient (Wildman–Crippen LogP) is 2.39. The summed E-state index contributed by atoms with van der Waals surface area (Å²) in [5, 5.41) is 8.79. The predicted molar refractivity (Wildman–Crippen MR) is 76.8 cm³/mol. The number of benzene rings is 1. The average Bonchev–Trinajstić information content (AvgIpc) is 2.43. The third-order valence-corrected chi connectivity index (χ3v) is 2.59. The Morgan fingerprint density at radius 1 is 1.38 bits per heavy atom. The Balaban J connectivity index is 2.94. The van der Waals surface area contributed by atoms with Crippen LogP contribution in [0.5, 0.6) is 11.5 Å². The molecule has 6 nitrogen and oxygen atoms in total. The van der Waals surface area contributed by atoms with Crippen molar-refractivity contribution in [2.75, 3.05) is 20.3 Å². The van der Waals surface area contributed by atoms with E-state index in [1.807, 2.05) is 0 Å². The van der Waals surface area contributed by atoms with Crippen molar-refractivity contribution < 1.29 is 28.9 Å². The number of ether oxygens (including phenoxy) is 3. The van der Waals surface area contributed by atoms with Gasteiger partial charge in [0.25, 0.3) is 0 Å². The molecule has 0 aromatic heterocycles. The molecule has 0 aliphatic rings. The third kappa shape index (κ3) is 5.35. The monoisotopic (exact) mass is 314 g/mol. The minimum Gasteiger partial charge on any atom is -0.493 e. The molecule has 0 radical (unpaired) electrons. The Bertz CT molecular complexity index is 553. The van der Waals surface area contributed by atoms with Gasteiger partial charge in [0.2, 0.25) is 0 Å².